The molecule has 0 aliphatic heterocycles. The van der Waals surface area contributed by atoms with Crippen LogP contribution in [0.4, 0.5) is 0 Å². The molecule has 21 heavy (non-hydrogen) atoms. The topological polar surface area (TPSA) is 29.1 Å². The fourth-order valence-electron chi connectivity index (χ4n) is 1.86. The van der Waals surface area contributed by atoms with Crippen LogP contribution >= 0.6 is 23.4 Å². The Kier molecular flexibility index (Phi) is 6.15. The summed E-state index contributed by atoms with van der Waals surface area (Å²) in [6, 6.07) is 15.5. The predicted molar refractivity (Wildman–Crippen MR) is 91.1 cm³/mol. The van der Waals surface area contributed by atoms with Crippen LogP contribution in [0.2, 0.25) is 5.02 Å². The number of aryl methyl sites for hydroxylation is 1. The van der Waals surface area contributed by atoms with E-state index in [1.807, 2.05) is 49.4 Å². The minimum atomic E-state index is -0.0154. The van der Waals surface area contributed by atoms with Crippen LogP contribution in [0.15, 0.2) is 48.5 Å². The maximum absolute atomic E-state index is 11.9. The third kappa shape index (κ3) is 5.44. The zero-order chi connectivity index (χ0) is 15.1. The first-order valence-corrected chi connectivity index (χ1v) is 8.35. The van der Waals surface area contributed by atoms with Gasteiger partial charge in [0.05, 0.1) is 0 Å². The van der Waals surface area contributed by atoms with E-state index in [2.05, 4.69) is 11.4 Å². The van der Waals surface area contributed by atoms with E-state index in [1.54, 1.807) is 11.8 Å². The Morgan fingerprint density at radius 2 is 1.95 bits per heavy atom. The number of thioether (sulfide) groups is 1. The number of nitrogens with one attached hydrogen (secondary N) is 1. The van der Waals surface area contributed by atoms with Crippen molar-refractivity contribution in [2.75, 3.05) is 12.3 Å². The van der Waals surface area contributed by atoms with E-state index < -0.39 is 0 Å². The van der Waals surface area contributed by atoms with Gasteiger partial charge in [-0.1, -0.05) is 41.4 Å². The Bertz CT molecular complexity index is 598. The van der Waals surface area contributed by atoms with Gasteiger partial charge in [-0.2, -0.15) is 11.8 Å². The molecule has 0 saturated carbocycles. The van der Waals surface area contributed by atoms with Crippen molar-refractivity contribution in [2.45, 2.75) is 12.7 Å². The average molecular weight is 320 g/mol. The van der Waals surface area contributed by atoms with Crippen molar-refractivity contribution in [3.8, 4) is 0 Å². The fraction of sp³-hybridized carbons (Fsp3) is 0.235. The van der Waals surface area contributed by atoms with Crippen molar-refractivity contribution in [3.63, 3.8) is 0 Å². The molecule has 2 aromatic carbocycles. The summed E-state index contributed by atoms with van der Waals surface area (Å²) < 4.78 is 0. The summed E-state index contributed by atoms with van der Waals surface area (Å²) in [6.45, 7) is 2.67. The third-order valence-corrected chi connectivity index (χ3v) is 4.27. The van der Waals surface area contributed by atoms with Gasteiger partial charge in [0.25, 0.3) is 5.91 Å². The van der Waals surface area contributed by atoms with E-state index in [4.69, 9.17) is 11.6 Å². The maximum atomic E-state index is 11.9. The lowest BCUT2D eigenvalue weighted by atomic mass is 10.1. The lowest BCUT2D eigenvalue weighted by molar-refractivity contribution is 0.0956. The van der Waals surface area contributed by atoms with Crippen LogP contribution in [-0.4, -0.2) is 18.2 Å². The van der Waals surface area contributed by atoms with Gasteiger partial charge >= 0.3 is 0 Å². The molecule has 2 nitrogen and oxygen atoms in total. The van der Waals surface area contributed by atoms with Gasteiger partial charge in [-0.15, -0.1) is 0 Å². The highest BCUT2D eigenvalue weighted by Gasteiger charge is 2.03. The summed E-state index contributed by atoms with van der Waals surface area (Å²) in [5.74, 6) is 1.77. The van der Waals surface area contributed by atoms with Crippen LogP contribution in [-0.2, 0) is 5.75 Å². The highest BCUT2D eigenvalue weighted by atomic mass is 35.5. The van der Waals surface area contributed by atoms with Crippen molar-refractivity contribution in [1.29, 1.82) is 0 Å². The van der Waals surface area contributed by atoms with E-state index in [0.717, 1.165) is 22.1 Å². The van der Waals surface area contributed by atoms with E-state index in [9.17, 15) is 4.79 Å². The molecule has 0 unspecified atom stereocenters. The number of hydrogen-bond acceptors (Lipinski definition) is 2. The van der Waals surface area contributed by atoms with Crippen LogP contribution in [0.5, 0.6) is 0 Å². The zero-order valence-electron chi connectivity index (χ0n) is 11.9. The van der Waals surface area contributed by atoms with E-state index in [1.165, 1.54) is 5.56 Å². The fourth-order valence-corrected chi connectivity index (χ4v) is 2.88. The quantitative estimate of drug-likeness (QED) is 0.804. The van der Waals surface area contributed by atoms with Gasteiger partial charge in [0.1, 0.15) is 0 Å². The molecule has 0 saturated heterocycles. The maximum Gasteiger partial charge on any atom is 0.251 e. The summed E-state index contributed by atoms with van der Waals surface area (Å²) in [5, 5.41) is 3.69. The first-order chi connectivity index (χ1) is 10.1. The molecule has 110 valence electrons. The molecule has 1 N–H and O–H groups in total. The summed E-state index contributed by atoms with van der Waals surface area (Å²) >= 11 is 7.72. The molecular weight excluding hydrogens is 302 g/mol. The second-order valence-electron chi connectivity index (χ2n) is 4.80. The summed E-state index contributed by atoms with van der Waals surface area (Å²) in [7, 11) is 0. The van der Waals surface area contributed by atoms with Crippen LogP contribution in [0, 0.1) is 6.92 Å². The van der Waals surface area contributed by atoms with Gasteiger partial charge < -0.3 is 5.32 Å². The van der Waals surface area contributed by atoms with Gasteiger partial charge in [-0.05, 0) is 36.8 Å². The van der Waals surface area contributed by atoms with Gasteiger partial charge in [0.15, 0.2) is 0 Å². The monoisotopic (exact) mass is 319 g/mol. The van der Waals surface area contributed by atoms with E-state index in [0.29, 0.717) is 12.1 Å². The van der Waals surface area contributed by atoms with Crippen molar-refractivity contribution >= 4 is 29.3 Å². The average Bonchev–Trinajstić information content (AvgIpc) is 2.47. The van der Waals surface area contributed by atoms with Crippen molar-refractivity contribution in [2.24, 2.45) is 0 Å². The van der Waals surface area contributed by atoms with E-state index >= 15 is 0 Å². The lowest BCUT2D eigenvalue weighted by Crippen LogP contribution is -2.25. The lowest BCUT2D eigenvalue weighted by Gasteiger charge is -2.06. The Labute approximate surface area is 134 Å². The van der Waals surface area contributed by atoms with Gasteiger partial charge in [-0.3, -0.25) is 4.79 Å². The van der Waals surface area contributed by atoms with Crippen LogP contribution in [0.25, 0.3) is 0 Å². The molecule has 0 bridgehead atoms. The minimum Gasteiger partial charge on any atom is -0.351 e. The molecule has 4 heteroatoms. The Morgan fingerprint density at radius 1 is 1.19 bits per heavy atom. The standard InChI is InChI=1S/C17H18ClNOS/c1-13-5-7-15(8-6-13)17(20)19-9-10-21-12-14-3-2-4-16(18)11-14/h2-8,11H,9-10,12H2,1H3,(H,19,20). The number of rotatable bonds is 6. The summed E-state index contributed by atoms with van der Waals surface area (Å²) in [6.07, 6.45) is 0. The highest BCUT2D eigenvalue weighted by molar-refractivity contribution is 7.98. The van der Waals surface area contributed by atoms with Crippen molar-refractivity contribution in [1.82, 2.24) is 5.32 Å². The molecule has 0 atom stereocenters. The van der Waals surface area contributed by atoms with Gasteiger partial charge in [0.2, 0.25) is 0 Å². The molecule has 2 rings (SSSR count). The van der Waals surface area contributed by atoms with Crippen molar-refractivity contribution in [3.05, 3.63) is 70.2 Å². The van der Waals surface area contributed by atoms with Gasteiger partial charge in [0, 0.05) is 28.6 Å². The van der Waals surface area contributed by atoms with Crippen LogP contribution < -0.4 is 5.32 Å². The second kappa shape index (κ2) is 8.11. The molecule has 0 radical (unpaired) electrons. The van der Waals surface area contributed by atoms with Crippen molar-refractivity contribution < 1.29 is 4.79 Å². The van der Waals surface area contributed by atoms with Crippen LogP contribution in [0.3, 0.4) is 0 Å². The predicted octanol–water partition coefficient (Wildman–Crippen LogP) is 4.31. The molecule has 0 heterocycles. The van der Waals surface area contributed by atoms with E-state index in [-0.39, 0.29) is 5.91 Å². The summed E-state index contributed by atoms with van der Waals surface area (Å²) in [5.41, 5.74) is 3.07. The smallest absolute Gasteiger partial charge is 0.251 e. The SMILES string of the molecule is Cc1ccc(C(=O)NCCSCc2cccc(Cl)c2)cc1. The number of carbonyl (C=O) groups is 1. The second-order valence-corrected chi connectivity index (χ2v) is 6.35. The Morgan fingerprint density at radius 3 is 2.67 bits per heavy atom. The number of hydrogen-bond donors (Lipinski definition) is 1. The molecular formula is C17H18ClNOS. The number of amides is 1. The highest BCUT2D eigenvalue weighted by Crippen LogP contribution is 2.16. The molecule has 0 aliphatic rings. The molecule has 0 aromatic heterocycles. The summed E-state index contributed by atoms with van der Waals surface area (Å²) in [4.78, 5) is 11.9. The Hall–Kier alpha value is -1.45. The third-order valence-electron chi connectivity index (χ3n) is 3.00. The largest absolute Gasteiger partial charge is 0.351 e. The molecule has 0 aliphatic carbocycles. The molecule has 0 spiro atoms. The van der Waals surface area contributed by atoms with Crippen LogP contribution in [0.1, 0.15) is 21.5 Å². The molecule has 1 amide bonds. The number of halogens is 1. The molecule has 0 fully saturated rings. The minimum absolute atomic E-state index is 0.0154. The number of benzene rings is 2. The normalized spacial score (nSPS) is 10.4. The first kappa shape index (κ1) is 15.9. The zero-order valence-corrected chi connectivity index (χ0v) is 13.5. The molecule has 2 aromatic rings. The first-order valence-electron chi connectivity index (χ1n) is 6.82. The number of carbonyl (C=O) groups excluding carboxylic acids is 1. The Balaban J connectivity index is 1.68. The van der Waals surface area contributed by atoms with Gasteiger partial charge in [-0.25, -0.2) is 0 Å².